The van der Waals surface area contributed by atoms with Crippen molar-refractivity contribution < 1.29 is 21.6 Å². The topological polar surface area (TPSA) is 91.8 Å². The summed E-state index contributed by atoms with van der Waals surface area (Å²) in [7, 11) is -9.15. The lowest BCUT2D eigenvalue weighted by atomic mass is 9.73. The molecule has 0 N–H and O–H groups in total. The van der Waals surface area contributed by atoms with Gasteiger partial charge in [-0.25, -0.2) is 16.8 Å². The van der Waals surface area contributed by atoms with Gasteiger partial charge < -0.3 is 4.90 Å². The van der Waals surface area contributed by atoms with Crippen LogP contribution in [0.4, 0.5) is 0 Å². The zero-order valence-corrected chi connectivity index (χ0v) is 26.9. The van der Waals surface area contributed by atoms with Crippen LogP contribution in [0.15, 0.2) is 155 Å². The summed E-state index contributed by atoms with van der Waals surface area (Å²) in [6.45, 7) is 1.69. The van der Waals surface area contributed by atoms with E-state index in [1.807, 2.05) is 79.7 Å². The van der Waals surface area contributed by atoms with Crippen LogP contribution in [0.2, 0.25) is 0 Å². The molecule has 6 rings (SSSR count). The van der Waals surface area contributed by atoms with Crippen molar-refractivity contribution in [1.82, 2.24) is 8.61 Å². The van der Waals surface area contributed by atoms with E-state index in [0.717, 1.165) is 16.7 Å². The summed E-state index contributed by atoms with van der Waals surface area (Å²) in [6.07, 6.45) is 0.295. The quantitative estimate of drug-likeness (QED) is 0.187. The van der Waals surface area contributed by atoms with Crippen LogP contribution in [0.1, 0.15) is 33.5 Å². The van der Waals surface area contributed by atoms with Gasteiger partial charge in [-0.05, 0) is 60.9 Å². The molecular formula is C37H34N2O5S2. The minimum Gasteiger partial charge on any atom is -0.333 e. The molecule has 0 saturated carbocycles. The third kappa shape index (κ3) is 5.89. The summed E-state index contributed by atoms with van der Waals surface area (Å²) >= 11 is 0. The first-order chi connectivity index (χ1) is 22.1. The van der Waals surface area contributed by atoms with Crippen LogP contribution in [-0.4, -0.2) is 50.5 Å². The Balaban J connectivity index is 1.52. The van der Waals surface area contributed by atoms with Gasteiger partial charge in [-0.2, -0.15) is 0 Å². The van der Waals surface area contributed by atoms with Crippen LogP contribution in [0, 0.1) is 6.92 Å². The lowest BCUT2D eigenvalue weighted by Gasteiger charge is -2.31. The Bertz CT molecular complexity index is 1910. The first kappa shape index (κ1) is 31.4. The van der Waals surface area contributed by atoms with E-state index in [1.54, 1.807) is 53.4 Å². The van der Waals surface area contributed by atoms with Gasteiger partial charge in [0.15, 0.2) is 0 Å². The predicted molar refractivity (Wildman–Crippen MR) is 178 cm³/mol. The molecule has 46 heavy (non-hydrogen) atoms. The summed E-state index contributed by atoms with van der Waals surface area (Å²) in [5.74, 6) is -0.298. The standard InChI is InChI=1S/C37H34N2O5S2/c1-29-22-24-30(25-23-29)36(40)38-28-37(31-14-6-2-7-15-31,32-16-8-3-9-17-32)26-33(38)27-39(45(41,42)34-18-10-4-11-19-34)46(43,44)35-20-12-5-13-21-35/h2-25,33H,26-28H2,1H3. The van der Waals surface area contributed by atoms with Gasteiger partial charge in [-0.3, -0.25) is 4.79 Å². The van der Waals surface area contributed by atoms with E-state index in [1.165, 1.54) is 24.3 Å². The van der Waals surface area contributed by atoms with Gasteiger partial charge in [-0.1, -0.05) is 118 Å². The Morgan fingerprint density at radius 2 is 1.07 bits per heavy atom. The Labute approximate surface area is 270 Å². The summed E-state index contributed by atoms with van der Waals surface area (Å²) < 4.78 is 57.7. The number of carbonyl (C=O) groups is 1. The van der Waals surface area contributed by atoms with Crippen LogP contribution >= 0.6 is 0 Å². The number of hydrogen-bond acceptors (Lipinski definition) is 5. The molecule has 1 aliphatic rings. The Hall–Kier alpha value is -4.57. The fourth-order valence-corrected chi connectivity index (χ4v) is 10.0. The maximum absolute atomic E-state index is 14.3. The van der Waals surface area contributed by atoms with E-state index >= 15 is 0 Å². The smallest absolute Gasteiger partial charge is 0.256 e. The van der Waals surface area contributed by atoms with Gasteiger partial charge in [0.1, 0.15) is 0 Å². The van der Waals surface area contributed by atoms with E-state index in [4.69, 9.17) is 0 Å². The Morgan fingerprint density at radius 1 is 0.652 bits per heavy atom. The number of sulfonamides is 2. The first-order valence-electron chi connectivity index (χ1n) is 15.0. The predicted octanol–water partition coefficient (Wildman–Crippen LogP) is 6.28. The average Bonchev–Trinajstić information content (AvgIpc) is 3.49. The number of rotatable bonds is 9. The summed E-state index contributed by atoms with van der Waals surface area (Å²) in [5, 5.41) is 0. The van der Waals surface area contributed by atoms with Crippen LogP contribution in [0.3, 0.4) is 0 Å². The zero-order valence-electron chi connectivity index (χ0n) is 25.3. The number of amides is 1. The highest BCUT2D eigenvalue weighted by molar-refractivity contribution is 8.04. The molecule has 1 aliphatic heterocycles. The molecule has 1 saturated heterocycles. The van der Waals surface area contributed by atoms with E-state index in [2.05, 4.69) is 0 Å². The minimum atomic E-state index is -4.57. The number of benzene rings is 5. The summed E-state index contributed by atoms with van der Waals surface area (Å²) in [4.78, 5) is 15.7. The molecule has 0 aromatic heterocycles. The molecule has 0 radical (unpaired) electrons. The van der Waals surface area contributed by atoms with Crippen molar-refractivity contribution in [3.63, 3.8) is 0 Å². The number of hydrogen-bond donors (Lipinski definition) is 0. The molecule has 5 aromatic carbocycles. The van der Waals surface area contributed by atoms with E-state index in [-0.39, 0.29) is 22.2 Å². The molecule has 1 unspecified atom stereocenters. The molecule has 9 heteroatoms. The SMILES string of the molecule is Cc1ccc(C(=O)N2CC(c3ccccc3)(c3ccccc3)CC2CN(S(=O)(=O)c2ccccc2)S(=O)(=O)c2ccccc2)cc1. The highest BCUT2D eigenvalue weighted by Gasteiger charge is 2.51. The van der Waals surface area contributed by atoms with Crippen LogP contribution < -0.4 is 0 Å². The van der Waals surface area contributed by atoms with Crippen molar-refractivity contribution in [2.24, 2.45) is 0 Å². The van der Waals surface area contributed by atoms with E-state index in [0.29, 0.717) is 15.7 Å². The van der Waals surface area contributed by atoms with Crippen molar-refractivity contribution in [1.29, 1.82) is 0 Å². The molecule has 234 valence electrons. The number of nitrogens with zero attached hydrogens (tertiary/aromatic N) is 2. The van der Waals surface area contributed by atoms with Crippen LogP contribution in [-0.2, 0) is 25.5 Å². The fraction of sp³-hybridized carbons (Fsp3) is 0.162. The van der Waals surface area contributed by atoms with Gasteiger partial charge in [0, 0.05) is 23.6 Å². The minimum absolute atomic E-state index is 0.152. The van der Waals surface area contributed by atoms with E-state index in [9.17, 15) is 21.6 Å². The monoisotopic (exact) mass is 650 g/mol. The van der Waals surface area contributed by atoms with Gasteiger partial charge in [0.2, 0.25) is 0 Å². The lowest BCUT2D eigenvalue weighted by molar-refractivity contribution is 0.0726. The van der Waals surface area contributed by atoms with Gasteiger partial charge >= 0.3 is 0 Å². The highest BCUT2D eigenvalue weighted by atomic mass is 32.3. The van der Waals surface area contributed by atoms with Crippen molar-refractivity contribution >= 4 is 26.0 Å². The second-order valence-corrected chi connectivity index (χ2v) is 15.5. The third-order valence-electron chi connectivity index (χ3n) is 8.66. The fourth-order valence-electron chi connectivity index (χ4n) is 6.28. The second kappa shape index (κ2) is 12.7. The number of aryl methyl sites for hydroxylation is 1. The maximum Gasteiger partial charge on any atom is 0.256 e. The molecule has 0 spiro atoms. The number of carbonyl (C=O) groups excluding carboxylic acids is 1. The van der Waals surface area contributed by atoms with Crippen molar-refractivity contribution in [3.8, 4) is 0 Å². The van der Waals surface area contributed by atoms with Gasteiger partial charge in [0.05, 0.1) is 16.3 Å². The van der Waals surface area contributed by atoms with Crippen LogP contribution in [0.25, 0.3) is 0 Å². The maximum atomic E-state index is 14.3. The first-order valence-corrected chi connectivity index (χ1v) is 17.9. The van der Waals surface area contributed by atoms with Crippen LogP contribution in [0.5, 0.6) is 0 Å². The summed E-state index contributed by atoms with van der Waals surface area (Å²) in [5.41, 5.74) is 2.61. The van der Waals surface area contributed by atoms with Gasteiger partial charge in [-0.15, -0.1) is 0 Å². The third-order valence-corrected chi connectivity index (χ3v) is 12.9. The molecule has 0 bridgehead atoms. The number of likely N-dealkylation sites (tertiary alicyclic amines) is 1. The molecule has 5 aromatic rings. The normalized spacial score (nSPS) is 16.4. The van der Waals surface area contributed by atoms with E-state index < -0.39 is 38.0 Å². The molecular weight excluding hydrogens is 617 g/mol. The Morgan fingerprint density at radius 3 is 1.50 bits per heavy atom. The average molecular weight is 651 g/mol. The summed E-state index contributed by atoms with van der Waals surface area (Å²) in [6, 6.07) is 41.1. The molecule has 1 fully saturated rings. The molecule has 0 aliphatic carbocycles. The Kier molecular flexibility index (Phi) is 8.65. The van der Waals surface area contributed by atoms with Crippen molar-refractivity contribution in [2.45, 2.75) is 34.6 Å². The molecule has 1 atom stereocenters. The largest absolute Gasteiger partial charge is 0.333 e. The molecule has 7 nitrogen and oxygen atoms in total. The lowest BCUT2D eigenvalue weighted by Crippen LogP contribution is -2.47. The van der Waals surface area contributed by atoms with Crippen molar-refractivity contribution in [3.05, 3.63) is 168 Å². The highest BCUT2D eigenvalue weighted by Crippen LogP contribution is 2.45. The second-order valence-electron chi connectivity index (χ2n) is 11.6. The molecule has 1 heterocycles. The van der Waals surface area contributed by atoms with Crippen molar-refractivity contribution in [2.75, 3.05) is 13.1 Å². The van der Waals surface area contributed by atoms with Gasteiger partial charge in [0.25, 0.3) is 26.0 Å². The molecule has 1 amide bonds. The zero-order chi connectivity index (χ0) is 32.4.